The van der Waals surface area contributed by atoms with Crippen molar-refractivity contribution in [3.63, 3.8) is 0 Å². The molecule has 0 spiro atoms. The molecule has 152 valence electrons. The lowest BCUT2D eigenvalue weighted by molar-refractivity contribution is 0.102. The SMILES string of the molecule is CCCCc1ccc(-n2nc3cc(Cl)c(NC(=O)c4ccc(F)cc4)cc3n2)cc1. The molecule has 7 heteroatoms. The Morgan fingerprint density at radius 2 is 1.70 bits per heavy atom. The van der Waals surface area contributed by atoms with E-state index in [0.29, 0.717) is 27.3 Å². The van der Waals surface area contributed by atoms with Crippen molar-refractivity contribution < 1.29 is 9.18 Å². The Balaban J connectivity index is 1.58. The summed E-state index contributed by atoms with van der Waals surface area (Å²) in [6.45, 7) is 2.18. The molecule has 5 nitrogen and oxygen atoms in total. The maximum atomic E-state index is 13.1. The van der Waals surface area contributed by atoms with Gasteiger partial charge in [-0.05, 0) is 66.9 Å². The molecule has 1 amide bonds. The summed E-state index contributed by atoms with van der Waals surface area (Å²) < 4.78 is 13.1. The molecule has 1 aromatic heterocycles. The number of anilines is 1. The first-order chi connectivity index (χ1) is 14.5. The Morgan fingerprint density at radius 1 is 1.03 bits per heavy atom. The first-order valence-corrected chi connectivity index (χ1v) is 10.1. The molecule has 0 saturated carbocycles. The molecule has 0 fully saturated rings. The molecule has 0 aliphatic rings. The summed E-state index contributed by atoms with van der Waals surface area (Å²) in [6, 6.07) is 16.8. The number of aryl methyl sites for hydroxylation is 1. The van der Waals surface area contributed by atoms with Crippen LogP contribution in [-0.2, 0) is 6.42 Å². The van der Waals surface area contributed by atoms with E-state index in [9.17, 15) is 9.18 Å². The van der Waals surface area contributed by atoms with Crippen LogP contribution in [0.15, 0.2) is 60.7 Å². The summed E-state index contributed by atoms with van der Waals surface area (Å²) in [4.78, 5) is 14.0. The van der Waals surface area contributed by atoms with Crippen LogP contribution < -0.4 is 5.32 Å². The van der Waals surface area contributed by atoms with Crippen molar-refractivity contribution >= 4 is 34.2 Å². The number of amides is 1. The highest BCUT2D eigenvalue weighted by Gasteiger charge is 2.13. The second-order valence-corrected chi connectivity index (χ2v) is 7.45. The van der Waals surface area contributed by atoms with Crippen LogP contribution in [0.25, 0.3) is 16.7 Å². The van der Waals surface area contributed by atoms with E-state index in [2.05, 4.69) is 34.6 Å². The Labute approximate surface area is 178 Å². The highest BCUT2D eigenvalue weighted by Crippen LogP contribution is 2.27. The number of carbonyl (C=O) groups is 1. The summed E-state index contributed by atoms with van der Waals surface area (Å²) in [5.41, 5.74) is 4.10. The zero-order chi connectivity index (χ0) is 21.1. The van der Waals surface area contributed by atoms with E-state index in [1.54, 1.807) is 16.9 Å². The third-order valence-electron chi connectivity index (χ3n) is 4.81. The van der Waals surface area contributed by atoms with Crippen LogP contribution in [0.2, 0.25) is 5.02 Å². The van der Waals surface area contributed by atoms with Crippen LogP contribution in [0.1, 0.15) is 35.7 Å². The third kappa shape index (κ3) is 4.33. The normalized spacial score (nSPS) is 11.0. The molecule has 0 aliphatic carbocycles. The van der Waals surface area contributed by atoms with E-state index in [-0.39, 0.29) is 5.91 Å². The minimum Gasteiger partial charge on any atom is -0.321 e. The van der Waals surface area contributed by atoms with E-state index in [4.69, 9.17) is 11.6 Å². The smallest absolute Gasteiger partial charge is 0.255 e. The Kier molecular flexibility index (Phi) is 5.77. The lowest BCUT2D eigenvalue weighted by atomic mass is 10.1. The van der Waals surface area contributed by atoms with Crippen LogP contribution in [0.4, 0.5) is 10.1 Å². The van der Waals surface area contributed by atoms with Crippen molar-refractivity contribution in [3.8, 4) is 5.69 Å². The van der Waals surface area contributed by atoms with Gasteiger partial charge in [0.05, 0.1) is 16.4 Å². The molecular formula is C23H20ClFN4O. The van der Waals surface area contributed by atoms with Crippen LogP contribution in [0.5, 0.6) is 0 Å². The minimum absolute atomic E-state index is 0.333. The molecule has 0 saturated heterocycles. The lowest BCUT2D eigenvalue weighted by Crippen LogP contribution is -2.12. The molecule has 4 aromatic rings. The zero-order valence-electron chi connectivity index (χ0n) is 16.4. The quantitative estimate of drug-likeness (QED) is 0.426. The molecule has 3 aromatic carbocycles. The van der Waals surface area contributed by atoms with Gasteiger partial charge in [0.15, 0.2) is 0 Å². The minimum atomic E-state index is -0.402. The highest BCUT2D eigenvalue weighted by molar-refractivity contribution is 6.34. The second kappa shape index (κ2) is 8.63. The van der Waals surface area contributed by atoms with Crippen molar-refractivity contribution in [1.29, 1.82) is 0 Å². The fourth-order valence-electron chi connectivity index (χ4n) is 3.12. The van der Waals surface area contributed by atoms with Gasteiger partial charge < -0.3 is 5.32 Å². The van der Waals surface area contributed by atoms with Crippen molar-refractivity contribution in [1.82, 2.24) is 15.0 Å². The molecule has 0 aliphatic heterocycles. The lowest BCUT2D eigenvalue weighted by Gasteiger charge is -2.07. The van der Waals surface area contributed by atoms with E-state index in [1.807, 2.05) is 12.1 Å². The molecule has 0 radical (unpaired) electrons. The summed E-state index contributed by atoms with van der Waals surface area (Å²) in [6.07, 6.45) is 3.38. The number of aromatic nitrogens is 3. The maximum Gasteiger partial charge on any atom is 0.255 e. The molecule has 0 unspecified atom stereocenters. The number of halogens is 2. The van der Waals surface area contributed by atoms with Crippen LogP contribution in [-0.4, -0.2) is 20.9 Å². The van der Waals surface area contributed by atoms with Crippen molar-refractivity contribution in [2.45, 2.75) is 26.2 Å². The van der Waals surface area contributed by atoms with Gasteiger partial charge in [0.1, 0.15) is 16.9 Å². The number of nitrogens with zero attached hydrogens (tertiary/aromatic N) is 3. The summed E-state index contributed by atoms with van der Waals surface area (Å²) in [5.74, 6) is -0.785. The molecule has 30 heavy (non-hydrogen) atoms. The number of hydrogen-bond acceptors (Lipinski definition) is 3. The van der Waals surface area contributed by atoms with E-state index >= 15 is 0 Å². The van der Waals surface area contributed by atoms with Gasteiger partial charge >= 0.3 is 0 Å². The van der Waals surface area contributed by atoms with Gasteiger partial charge in [-0.25, -0.2) is 4.39 Å². The first-order valence-electron chi connectivity index (χ1n) is 9.76. The molecule has 4 rings (SSSR count). The van der Waals surface area contributed by atoms with Gasteiger partial charge in [-0.3, -0.25) is 4.79 Å². The molecule has 0 bridgehead atoms. The predicted molar refractivity (Wildman–Crippen MR) is 117 cm³/mol. The van der Waals surface area contributed by atoms with Crippen LogP contribution in [0.3, 0.4) is 0 Å². The number of fused-ring (bicyclic) bond motifs is 1. The van der Waals surface area contributed by atoms with Gasteiger partial charge in [0.2, 0.25) is 0 Å². The maximum absolute atomic E-state index is 13.1. The van der Waals surface area contributed by atoms with Gasteiger partial charge in [-0.1, -0.05) is 37.1 Å². The number of rotatable bonds is 6. The third-order valence-corrected chi connectivity index (χ3v) is 5.12. The van der Waals surface area contributed by atoms with Crippen molar-refractivity contribution in [2.24, 2.45) is 0 Å². The predicted octanol–water partition coefficient (Wildman–Crippen LogP) is 5.81. The largest absolute Gasteiger partial charge is 0.321 e. The average Bonchev–Trinajstić information content (AvgIpc) is 3.16. The number of benzene rings is 3. The van der Waals surface area contributed by atoms with E-state index < -0.39 is 5.82 Å². The van der Waals surface area contributed by atoms with E-state index in [1.165, 1.54) is 29.8 Å². The highest BCUT2D eigenvalue weighted by atomic mass is 35.5. The molecule has 1 N–H and O–H groups in total. The van der Waals surface area contributed by atoms with Gasteiger partial charge in [-0.2, -0.15) is 4.80 Å². The number of hydrogen-bond donors (Lipinski definition) is 1. The Hall–Kier alpha value is -3.25. The van der Waals surface area contributed by atoms with Crippen LogP contribution in [0, 0.1) is 5.82 Å². The molecular weight excluding hydrogens is 403 g/mol. The van der Waals surface area contributed by atoms with Gasteiger partial charge in [0.25, 0.3) is 5.91 Å². The molecule has 1 heterocycles. The monoisotopic (exact) mass is 422 g/mol. The summed E-state index contributed by atoms with van der Waals surface area (Å²) in [5, 5.41) is 12.1. The Morgan fingerprint density at radius 3 is 2.37 bits per heavy atom. The van der Waals surface area contributed by atoms with Crippen molar-refractivity contribution in [3.05, 3.63) is 82.6 Å². The summed E-state index contributed by atoms with van der Waals surface area (Å²) in [7, 11) is 0. The van der Waals surface area contributed by atoms with Gasteiger partial charge in [0, 0.05) is 5.56 Å². The Bertz CT molecular complexity index is 1190. The van der Waals surface area contributed by atoms with Crippen LogP contribution >= 0.6 is 11.6 Å². The zero-order valence-corrected chi connectivity index (χ0v) is 17.2. The topological polar surface area (TPSA) is 59.8 Å². The molecule has 0 atom stereocenters. The first kappa shape index (κ1) is 20.0. The number of nitrogens with one attached hydrogen (secondary N) is 1. The van der Waals surface area contributed by atoms with E-state index in [0.717, 1.165) is 24.9 Å². The fourth-order valence-corrected chi connectivity index (χ4v) is 3.33. The second-order valence-electron chi connectivity index (χ2n) is 7.04. The fraction of sp³-hybridized carbons (Fsp3) is 0.174. The number of unbranched alkanes of at least 4 members (excludes halogenated alkanes) is 1. The van der Waals surface area contributed by atoms with Gasteiger partial charge in [-0.15, -0.1) is 10.2 Å². The summed E-state index contributed by atoms with van der Waals surface area (Å²) >= 11 is 6.33. The van der Waals surface area contributed by atoms with Crippen molar-refractivity contribution in [2.75, 3.05) is 5.32 Å². The standard InChI is InChI=1S/C23H20ClFN4O/c1-2-3-4-15-5-11-18(12-6-15)29-27-21-13-19(24)20(14-22(21)28-29)26-23(30)16-7-9-17(25)10-8-16/h5-14H,2-4H2,1H3,(H,26,30). The number of carbonyl (C=O) groups excluding carboxylic acids is 1. The average molecular weight is 423 g/mol.